The van der Waals surface area contributed by atoms with E-state index in [0.717, 1.165) is 84.3 Å². The van der Waals surface area contributed by atoms with Crippen molar-refractivity contribution in [1.29, 1.82) is 0 Å². The molecule has 9 heteroatoms. The van der Waals surface area contributed by atoms with Gasteiger partial charge in [-0.3, -0.25) is 0 Å². The Morgan fingerprint density at radius 2 is 1.87 bits per heavy atom. The lowest BCUT2D eigenvalue weighted by molar-refractivity contribution is 0.187. The summed E-state index contributed by atoms with van der Waals surface area (Å²) >= 11 is 6.70. The highest BCUT2D eigenvalue weighted by Crippen LogP contribution is 2.37. The summed E-state index contributed by atoms with van der Waals surface area (Å²) in [4.78, 5) is 21.8. The number of nitrogens with zero attached hydrogens (tertiary/aromatic N) is 7. The maximum atomic E-state index is 6.70. The van der Waals surface area contributed by atoms with Crippen molar-refractivity contribution in [3.8, 4) is 6.01 Å². The summed E-state index contributed by atoms with van der Waals surface area (Å²) in [6.45, 7) is 7.98. The van der Waals surface area contributed by atoms with Gasteiger partial charge in [0.25, 0.3) is 0 Å². The molecule has 2 aromatic carbocycles. The first kappa shape index (κ1) is 24.7. The van der Waals surface area contributed by atoms with Gasteiger partial charge < -0.3 is 24.0 Å². The highest BCUT2D eigenvalue weighted by atomic mass is 35.5. The van der Waals surface area contributed by atoms with E-state index in [1.807, 2.05) is 18.5 Å². The molecule has 1 saturated heterocycles. The molecule has 3 aliphatic rings. The van der Waals surface area contributed by atoms with E-state index in [1.165, 1.54) is 17.7 Å². The number of likely N-dealkylation sites (N-methyl/N-ethyl adjacent to an activating group) is 1. The third kappa shape index (κ3) is 4.49. The molecule has 5 heterocycles. The number of hydrogen-bond acceptors (Lipinski definition) is 7. The summed E-state index contributed by atoms with van der Waals surface area (Å²) in [6.07, 6.45) is 5.19. The van der Waals surface area contributed by atoms with E-state index in [1.54, 1.807) is 0 Å². The van der Waals surface area contributed by atoms with E-state index in [4.69, 9.17) is 26.3 Å². The Balaban J connectivity index is 1.24. The van der Waals surface area contributed by atoms with Gasteiger partial charge >= 0.3 is 6.01 Å². The summed E-state index contributed by atoms with van der Waals surface area (Å²) in [7, 11) is 2.17. The third-order valence-corrected chi connectivity index (χ3v) is 8.99. The number of imidazole rings is 1. The van der Waals surface area contributed by atoms with E-state index in [2.05, 4.69) is 62.5 Å². The second-order valence-corrected chi connectivity index (χ2v) is 11.4. The molecule has 0 saturated carbocycles. The zero-order valence-electron chi connectivity index (χ0n) is 22.6. The van der Waals surface area contributed by atoms with Gasteiger partial charge in [-0.25, -0.2) is 4.98 Å². The normalized spacial score (nSPS) is 19.4. The second kappa shape index (κ2) is 9.99. The van der Waals surface area contributed by atoms with Crippen LogP contribution in [0.15, 0.2) is 42.7 Å². The molecule has 4 aromatic rings. The lowest BCUT2D eigenvalue weighted by Gasteiger charge is -2.36. The molecule has 202 valence electrons. The Morgan fingerprint density at radius 1 is 1.00 bits per heavy atom. The van der Waals surface area contributed by atoms with Gasteiger partial charge in [-0.05, 0) is 57.3 Å². The van der Waals surface area contributed by atoms with Crippen molar-refractivity contribution in [1.82, 2.24) is 24.4 Å². The first-order valence-corrected chi connectivity index (χ1v) is 14.3. The largest absolute Gasteiger partial charge is 0.462 e. The number of likely N-dealkylation sites (tertiary alicyclic amines) is 1. The van der Waals surface area contributed by atoms with Crippen LogP contribution in [-0.2, 0) is 26.1 Å². The van der Waals surface area contributed by atoms with E-state index in [-0.39, 0.29) is 0 Å². The van der Waals surface area contributed by atoms with Crippen LogP contribution in [0.5, 0.6) is 6.01 Å². The van der Waals surface area contributed by atoms with E-state index < -0.39 is 0 Å². The number of ether oxygens (including phenoxy) is 1. The minimum absolute atomic E-state index is 0.411. The summed E-state index contributed by atoms with van der Waals surface area (Å²) in [5.74, 6) is 1.01. The monoisotopic (exact) mass is 543 g/mol. The molecule has 0 bridgehead atoms. The molecule has 0 unspecified atom stereocenters. The van der Waals surface area contributed by atoms with E-state index in [9.17, 15) is 0 Å². The Bertz CT molecular complexity index is 1530. The molecule has 1 atom stereocenters. The number of aromatic nitrogens is 4. The van der Waals surface area contributed by atoms with Crippen LogP contribution in [0.2, 0.25) is 5.02 Å². The van der Waals surface area contributed by atoms with Crippen molar-refractivity contribution in [2.24, 2.45) is 0 Å². The van der Waals surface area contributed by atoms with Gasteiger partial charge in [0.05, 0.1) is 41.5 Å². The van der Waals surface area contributed by atoms with Gasteiger partial charge in [0, 0.05) is 42.3 Å². The van der Waals surface area contributed by atoms with Crippen LogP contribution in [0.1, 0.15) is 35.5 Å². The SMILES string of the molecule is Cc1ncn2c1CN(c1nc(OC[C@@H]3CCCN3C)nc3c1CCN(c1cccc4cccc(Cl)c14)C3)CC2. The average molecular weight is 544 g/mol. The molecule has 0 spiro atoms. The van der Waals surface area contributed by atoms with Crippen molar-refractivity contribution < 1.29 is 4.74 Å². The molecule has 0 amide bonds. The predicted octanol–water partition coefficient (Wildman–Crippen LogP) is 4.84. The van der Waals surface area contributed by atoms with Crippen LogP contribution < -0.4 is 14.5 Å². The van der Waals surface area contributed by atoms with Gasteiger partial charge in [0.1, 0.15) is 12.4 Å². The molecule has 1 fully saturated rings. The lowest BCUT2D eigenvalue weighted by Crippen LogP contribution is -2.38. The molecule has 8 nitrogen and oxygen atoms in total. The van der Waals surface area contributed by atoms with Crippen LogP contribution in [0, 0.1) is 6.92 Å². The Hall–Kier alpha value is -3.36. The van der Waals surface area contributed by atoms with Gasteiger partial charge in [0.2, 0.25) is 0 Å². The number of anilines is 2. The summed E-state index contributed by atoms with van der Waals surface area (Å²) < 4.78 is 8.58. The highest BCUT2D eigenvalue weighted by molar-refractivity contribution is 6.36. The third-order valence-electron chi connectivity index (χ3n) is 8.68. The van der Waals surface area contributed by atoms with Crippen LogP contribution in [0.3, 0.4) is 0 Å². The second-order valence-electron chi connectivity index (χ2n) is 11.0. The number of fused-ring (bicyclic) bond motifs is 3. The number of benzene rings is 2. The minimum Gasteiger partial charge on any atom is -0.462 e. The molecule has 39 heavy (non-hydrogen) atoms. The van der Waals surface area contributed by atoms with Crippen LogP contribution in [0.4, 0.5) is 11.5 Å². The average Bonchev–Trinajstić information content (AvgIpc) is 3.55. The Morgan fingerprint density at radius 3 is 2.72 bits per heavy atom. The van der Waals surface area contributed by atoms with Gasteiger partial charge in [-0.15, -0.1) is 0 Å². The molecule has 3 aliphatic heterocycles. The zero-order chi connectivity index (χ0) is 26.5. The quantitative estimate of drug-likeness (QED) is 0.357. The fourth-order valence-corrected chi connectivity index (χ4v) is 6.67. The van der Waals surface area contributed by atoms with E-state index in [0.29, 0.717) is 25.2 Å². The fourth-order valence-electron chi connectivity index (χ4n) is 6.40. The predicted molar refractivity (Wildman–Crippen MR) is 155 cm³/mol. The summed E-state index contributed by atoms with van der Waals surface area (Å²) in [5, 5.41) is 3.03. The van der Waals surface area contributed by atoms with Crippen molar-refractivity contribution in [3.63, 3.8) is 0 Å². The van der Waals surface area contributed by atoms with Gasteiger partial charge in [0.15, 0.2) is 0 Å². The molecule has 0 N–H and O–H groups in total. The minimum atomic E-state index is 0.411. The maximum absolute atomic E-state index is 6.70. The van der Waals surface area contributed by atoms with Gasteiger partial charge in [-0.1, -0.05) is 35.9 Å². The molecule has 7 rings (SSSR count). The summed E-state index contributed by atoms with van der Waals surface area (Å²) in [5.41, 5.74) is 5.76. The molecular formula is C30H34ClN7O. The fraction of sp³-hybridized carbons (Fsp3) is 0.433. The number of halogens is 1. The van der Waals surface area contributed by atoms with Crippen molar-refractivity contribution in [3.05, 3.63) is 70.4 Å². The molecule has 2 aromatic heterocycles. The topological polar surface area (TPSA) is 62.6 Å². The first-order valence-electron chi connectivity index (χ1n) is 14.0. The highest BCUT2D eigenvalue weighted by Gasteiger charge is 2.30. The smallest absolute Gasteiger partial charge is 0.318 e. The Labute approximate surface area is 234 Å². The molecule has 0 radical (unpaired) electrons. The van der Waals surface area contributed by atoms with Crippen molar-refractivity contribution in [2.75, 3.05) is 43.1 Å². The van der Waals surface area contributed by atoms with E-state index >= 15 is 0 Å². The zero-order valence-corrected chi connectivity index (χ0v) is 23.4. The standard InChI is InChI=1S/C30H34ClN7O/c1-20-27-17-37(14-15-38(27)19-32-20)29-23-11-13-36(26-10-4-7-21-6-3-9-24(31)28(21)26)16-25(23)33-30(34-29)39-18-22-8-5-12-35(22)2/h3-4,6-7,9-10,19,22H,5,8,11-18H2,1-2H3/t22-/m0/s1. The lowest BCUT2D eigenvalue weighted by atomic mass is 10.0. The summed E-state index contributed by atoms with van der Waals surface area (Å²) in [6, 6.07) is 13.4. The van der Waals surface area contributed by atoms with Crippen LogP contribution >= 0.6 is 11.6 Å². The molecule has 0 aliphatic carbocycles. The number of aryl methyl sites for hydroxylation is 1. The Kier molecular flexibility index (Phi) is 6.32. The maximum Gasteiger partial charge on any atom is 0.318 e. The van der Waals surface area contributed by atoms with Gasteiger partial charge in [-0.2, -0.15) is 9.97 Å². The molecular weight excluding hydrogens is 510 g/mol. The van der Waals surface area contributed by atoms with Crippen LogP contribution in [-0.4, -0.2) is 63.7 Å². The number of hydrogen-bond donors (Lipinski definition) is 0. The van der Waals surface area contributed by atoms with Crippen molar-refractivity contribution >= 4 is 33.9 Å². The van der Waals surface area contributed by atoms with Crippen molar-refractivity contribution in [2.45, 2.75) is 51.9 Å². The first-order chi connectivity index (χ1) is 19.0. The number of rotatable bonds is 5. The van der Waals surface area contributed by atoms with Crippen LogP contribution in [0.25, 0.3) is 10.8 Å².